The van der Waals surface area contributed by atoms with Crippen molar-refractivity contribution in [3.63, 3.8) is 0 Å². The van der Waals surface area contributed by atoms with Crippen LogP contribution in [0.3, 0.4) is 0 Å². The Morgan fingerprint density at radius 1 is 1.18 bits per heavy atom. The largest absolute Gasteiger partial charge is 0.265 e. The standard InChI is InChI=1S/C9H11NSi/c1-11(2)7-10-8-5-3-4-6-9(8)11/h3-7H,1-2H3. The lowest BCUT2D eigenvalue weighted by atomic mass is 10.3. The van der Waals surface area contributed by atoms with Crippen LogP contribution in [0.25, 0.3) is 0 Å². The highest BCUT2D eigenvalue weighted by molar-refractivity contribution is 7.11. The minimum atomic E-state index is -1.25. The Kier molecular flexibility index (Phi) is 1.26. The van der Waals surface area contributed by atoms with E-state index in [1.807, 2.05) is 6.07 Å². The van der Waals surface area contributed by atoms with Crippen LogP contribution in [0.15, 0.2) is 29.3 Å². The molecule has 0 unspecified atom stereocenters. The molecule has 0 fully saturated rings. The zero-order valence-corrected chi connectivity index (χ0v) is 7.83. The quantitative estimate of drug-likeness (QED) is 0.515. The number of hydrogen-bond donors (Lipinski definition) is 0. The molecular weight excluding hydrogens is 150 g/mol. The molecule has 0 spiro atoms. The molecule has 1 nitrogen and oxygen atoms in total. The van der Waals surface area contributed by atoms with E-state index in [1.54, 1.807) is 0 Å². The molecule has 1 aromatic carbocycles. The normalized spacial score (nSPS) is 18.4. The fourth-order valence-corrected chi connectivity index (χ4v) is 3.37. The van der Waals surface area contributed by atoms with E-state index in [4.69, 9.17) is 0 Å². The third-order valence-electron chi connectivity index (χ3n) is 2.12. The Morgan fingerprint density at radius 2 is 1.91 bits per heavy atom. The molecule has 0 N–H and O–H groups in total. The van der Waals surface area contributed by atoms with E-state index < -0.39 is 8.07 Å². The summed E-state index contributed by atoms with van der Waals surface area (Å²) in [6.07, 6.45) is 0. The number of fused-ring (bicyclic) bond motifs is 1. The van der Waals surface area contributed by atoms with Gasteiger partial charge in [-0.25, -0.2) is 0 Å². The number of hydrogen-bond acceptors (Lipinski definition) is 1. The maximum Gasteiger partial charge on any atom is 0.128 e. The summed E-state index contributed by atoms with van der Waals surface area (Å²) >= 11 is 0. The van der Waals surface area contributed by atoms with Crippen molar-refractivity contribution in [2.75, 3.05) is 0 Å². The molecule has 1 aromatic rings. The van der Waals surface area contributed by atoms with Gasteiger partial charge in [-0.05, 0) is 17.1 Å². The first-order valence-electron chi connectivity index (χ1n) is 3.85. The molecule has 0 aromatic heterocycles. The molecule has 11 heavy (non-hydrogen) atoms. The molecule has 1 heterocycles. The van der Waals surface area contributed by atoms with E-state index in [0.29, 0.717) is 0 Å². The second kappa shape index (κ2) is 2.05. The van der Waals surface area contributed by atoms with Crippen LogP contribution in [0.1, 0.15) is 0 Å². The van der Waals surface area contributed by atoms with Crippen molar-refractivity contribution in [3.05, 3.63) is 24.3 Å². The van der Waals surface area contributed by atoms with E-state index in [-0.39, 0.29) is 0 Å². The van der Waals surface area contributed by atoms with E-state index in [2.05, 4.69) is 42.1 Å². The highest BCUT2D eigenvalue weighted by Crippen LogP contribution is 2.19. The number of rotatable bonds is 0. The fourth-order valence-electron chi connectivity index (χ4n) is 1.43. The van der Waals surface area contributed by atoms with Crippen LogP contribution in [-0.2, 0) is 0 Å². The maximum atomic E-state index is 4.39. The Bertz CT molecular complexity index is 315. The average molecular weight is 161 g/mol. The van der Waals surface area contributed by atoms with Gasteiger partial charge in [-0.3, -0.25) is 4.99 Å². The second-order valence-electron chi connectivity index (χ2n) is 3.50. The zero-order chi connectivity index (χ0) is 7.90. The Morgan fingerprint density at radius 3 is 2.64 bits per heavy atom. The zero-order valence-electron chi connectivity index (χ0n) is 6.83. The fraction of sp³-hybridized carbons (Fsp3) is 0.222. The van der Waals surface area contributed by atoms with Crippen molar-refractivity contribution in [1.29, 1.82) is 0 Å². The third kappa shape index (κ3) is 0.941. The van der Waals surface area contributed by atoms with Crippen LogP contribution < -0.4 is 5.19 Å². The monoisotopic (exact) mass is 161 g/mol. The van der Waals surface area contributed by atoms with Gasteiger partial charge < -0.3 is 0 Å². The molecule has 0 amide bonds. The first-order valence-corrected chi connectivity index (χ1v) is 6.93. The predicted molar refractivity (Wildman–Crippen MR) is 51.7 cm³/mol. The number of aliphatic imine (C=N–C) groups is 1. The van der Waals surface area contributed by atoms with Gasteiger partial charge in [-0.15, -0.1) is 0 Å². The lowest BCUT2D eigenvalue weighted by Crippen LogP contribution is -2.40. The maximum absolute atomic E-state index is 4.39. The molecule has 0 radical (unpaired) electrons. The van der Waals surface area contributed by atoms with Crippen molar-refractivity contribution < 1.29 is 0 Å². The molecule has 0 atom stereocenters. The van der Waals surface area contributed by atoms with Crippen LogP contribution in [0.5, 0.6) is 0 Å². The first kappa shape index (κ1) is 6.79. The Labute approximate surface area is 67.8 Å². The van der Waals surface area contributed by atoms with E-state index in [1.165, 1.54) is 10.9 Å². The Balaban J connectivity index is 2.64. The molecule has 0 saturated heterocycles. The second-order valence-corrected chi connectivity index (χ2v) is 7.74. The van der Waals surface area contributed by atoms with Gasteiger partial charge in [-0.1, -0.05) is 31.3 Å². The van der Waals surface area contributed by atoms with Crippen LogP contribution in [0, 0.1) is 0 Å². The van der Waals surface area contributed by atoms with Crippen molar-refractivity contribution in [1.82, 2.24) is 0 Å². The number of nitrogens with zero attached hydrogens (tertiary/aromatic N) is 1. The summed E-state index contributed by atoms with van der Waals surface area (Å²) in [6.45, 7) is 4.64. The van der Waals surface area contributed by atoms with Crippen molar-refractivity contribution in [2.45, 2.75) is 13.1 Å². The molecule has 1 aliphatic rings. The smallest absolute Gasteiger partial charge is 0.128 e. The van der Waals surface area contributed by atoms with Crippen molar-refractivity contribution in [2.24, 2.45) is 4.99 Å². The summed E-state index contributed by atoms with van der Waals surface area (Å²) in [6, 6.07) is 8.44. The minimum absolute atomic E-state index is 1.18. The van der Waals surface area contributed by atoms with Gasteiger partial charge in [0.25, 0.3) is 0 Å². The SMILES string of the molecule is C[Si]1(C)C=Nc2ccccc21. The lowest BCUT2D eigenvalue weighted by molar-refractivity contribution is 1.60. The van der Waals surface area contributed by atoms with Gasteiger partial charge in [0.2, 0.25) is 0 Å². The van der Waals surface area contributed by atoms with Crippen molar-refractivity contribution in [3.8, 4) is 0 Å². The molecule has 0 saturated carbocycles. The highest BCUT2D eigenvalue weighted by Gasteiger charge is 2.27. The molecular formula is C9H11NSi. The van der Waals surface area contributed by atoms with Crippen LogP contribution >= 0.6 is 0 Å². The summed E-state index contributed by atoms with van der Waals surface area (Å²) in [4.78, 5) is 4.39. The summed E-state index contributed by atoms with van der Waals surface area (Å²) in [5.41, 5.74) is 1.18. The predicted octanol–water partition coefficient (Wildman–Crippen LogP) is 1.86. The van der Waals surface area contributed by atoms with Gasteiger partial charge in [0.1, 0.15) is 8.07 Å². The van der Waals surface area contributed by atoms with E-state index in [9.17, 15) is 0 Å². The average Bonchev–Trinajstić information content (AvgIpc) is 2.29. The topological polar surface area (TPSA) is 12.4 Å². The van der Waals surface area contributed by atoms with Gasteiger partial charge >= 0.3 is 0 Å². The molecule has 0 aliphatic carbocycles. The highest BCUT2D eigenvalue weighted by atomic mass is 28.3. The lowest BCUT2D eigenvalue weighted by Gasteiger charge is -2.11. The third-order valence-corrected chi connectivity index (χ3v) is 4.71. The summed E-state index contributed by atoms with van der Waals surface area (Å²) in [5.74, 6) is 2.15. The summed E-state index contributed by atoms with van der Waals surface area (Å²) in [5, 5.41) is 1.47. The van der Waals surface area contributed by atoms with E-state index >= 15 is 0 Å². The molecule has 1 aliphatic heterocycles. The van der Waals surface area contributed by atoms with Crippen LogP contribution in [0.2, 0.25) is 13.1 Å². The molecule has 2 rings (SSSR count). The summed E-state index contributed by atoms with van der Waals surface area (Å²) < 4.78 is 0. The molecule has 2 heteroatoms. The van der Waals surface area contributed by atoms with Crippen LogP contribution in [-0.4, -0.2) is 13.9 Å². The Hall–Kier alpha value is -0.893. The van der Waals surface area contributed by atoms with Crippen molar-refractivity contribution >= 4 is 24.8 Å². The van der Waals surface area contributed by atoms with Gasteiger partial charge in [0, 0.05) is 0 Å². The molecule has 56 valence electrons. The van der Waals surface area contributed by atoms with Gasteiger partial charge in [-0.2, -0.15) is 0 Å². The first-order chi connectivity index (χ1) is 5.20. The summed E-state index contributed by atoms with van der Waals surface area (Å²) in [7, 11) is -1.25. The number of benzene rings is 1. The van der Waals surface area contributed by atoms with Gasteiger partial charge in [0.05, 0.1) is 5.69 Å². The van der Waals surface area contributed by atoms with E-state index in [0.717, 1.165) is 0 Å². The number of para-hydroxylation sites is 1. The van der Waals surface area contributed by atoms with Gasteiger partial charge in [0.15, 0.2) is 0 Å². The molecule has 0 bridgehead atoms. The van der Waals surface area contributed by atoms with Crippen LogP contribution in [0.4, 0.5) is 5.69 Å². The minimum Gasteiger partial charge on any atom is -0.265 e.